The van der Waals surface area contributed by atoms with Gasteiger partial charge in [0.25, 0.3) is 0 Å². The van der Waals surface area contributed by atoms with Gasteiger partial charge in [-0.05, 0) is 36.2 Å². The predicted octanol–water partition coefficient (Wildman–Crippen LogP) is 3.09. The Bertz CT molecular complexity index is 567. The Morgan fingerprint density at radius 1 is 1.33 bits per heavy atom. The summed E-state index contributed by atoms with van der Waals surface area (Å²) in [5, 5.41) is 12.1. The zero-order valence-electron chi connectivity index (χ0n) is 10.1. The van der Waals surface area contributed by atoms with Gasteiger partial charge < -0.3 is 10.4 Å². The van der Waals surface area contributed by atoms with Gasteiger partial charge in [0.2, 0.25) is 0 Å². The number of nitrogens with one attached hydrogen (secondary N) is 1. The van der Waals surface area contributed by atoms with Crippen molar-refractivity contribution in [2.75, 3.05) is 5.32 Å². The number of pyridine rings is 1. The third-order valence-corrected chi connectivity index (χ3v) is 2.64. The molecule has 2 N–H and O–H groups in total. The van der Waals surface area contributed by atoms with Gasteiger partial charge in [0.15, 0.2) is 0 Å². The molecule has 0 amide bonds. The Balaban J connectivity index is 2.31. The van der Waals surface area contributed by atoms with Gasteiger partial charge >= 0.3 is 5.97 Å². The molecule has 2 aromatic rings. The molecule has 0 unspecified atom stereocenters. The first-order valence-corrected chi connectivity index (χ1v) is 5.75. The molecule has 92 valence electrons. The maximum Gasteiger partial charge on any atom is 0.339 e. The van der Waals surface area contributed by atoms with Gasteiger partial charge in [-0.1, -0.05) is 19.1 Å². The van der Waals surface area contributed by atoms with Crippen LogP contribution in [0.3, 0.4) is 0 Å². The predicted molar refractivity (Wildman–Crippen MR) is 70.3 cm³/mol. The molecular weight excluding hydrogens is 228 g/mol. The SMILES string of the molecule is CCc1cccc(Nc2ncccc2C(=O)O)c1. The summed E-state index contributed by atoms with van der Waals surface area (Å²) >= 11 is 0. The highest BCUT2D eigenvalue weighted by Crippen LogP contribution is 2.19. The molecular formula is C14H14N2O2. The molecule has 0 aliphatic heterocycles. The zero-order valence-corrected chi connectivity index (χ0v) is 10.1. The van der Waals surface area contributed by atoms with Crippen LogP contribution in [0.2, 0.25) is 0 Å². The molecule has 0 fully saturated rings. The fourth-order valence-electron chi connectivity index (χ4n) is 1.68. The number of hydrogen-bond acceptors (Lipinski definition) is 3. The average molecular weight is 242 g/mol. The molecule has 18 heavy (non-hydrogen) atoms. The van der Waals surface area contributed by atoms with E-state index in [2.05, 4.69) is 17.2 Å². The quantitative estimate of drug-likeness (QED) is 0.864. The lowest BCUT2D eigenvalue weighted by Gasteiger charge is -2.09. The largest absolute Gasteiger partial charge is 0.478 e. The zero-order chi connectivity index (χ0) is 13.0. The van der Waals surface area contributed by atoms with Crippen molar-refractivity contribution >= 4 is 17.5 Å². The van der Waals surface area contributed by atoms with Crippen LogP contribution in [-0.2, 0) is 6.42 Å². The first-order chi connectivity index (χ1) is 8.70. The molecule has 4 nitrogen and oxygen atoms in total. The summed E-state index contributed by atoms with van der Waals surface area (Å²) in [4.78, 5) is 15.1. The maximum atomic E-state index is 11.1. The van der Waals surface area contributed by atoms with Crippen molar-refractivity contribution in [1.82, 2.24) is 4.98 Å². The van der Waals surface area contributed by atoms with Crippen LogP contribution < -0.4 is 5.32 Å². The summed E-state index contributed by atoms with van der Waals surface area (Å²) in [5.41, 5.74) is 2.20. The number of aromatic nitrogens is 1. The molecule has 1 aromatic carbocycles. The average Bonchev–Trinajstić information content (AvgIpc) is 2.39. The summed E-state index contributed by atoms with van der Waals surface area (Å²) < 4.78 is 0. The van der Waals surface area contributed by atoms with Crippen molar-refractivity contribution in [3.05, 3.63) is 53.7 Å². The lowest BCUT2D eigenvalue weighted by molar-refractivity contribution is 0.0697. The molecule has 0 bridgehead atoms. The fourth-order valence-corrected chi connectivity index (χ4v) is 1.68. The molecule has 0 atom stereocenters. The van der Waals surface area contributed by atoms with Gasteiger partial charge in [-0.3, -0.25) is 0 Å². The number of aromatic carboxylic acids is 1. The van der Waals surface area contributed by atoms with Crippen molar-refractivity contribution in [2.45, 2.75) is 13.3 Å². The maximum absolute atomic E-state index is 11.1. The first kappa shape index (κ1) is 12.1. The Kier molecular flexibility index (Phi) is 3.57. The Morgan fingerprint density at radius 3 is 2.89 bits per heavy atom. The van der Waals surface area contributed by atoms with Crippen molar-refractivity contribution in [3.8, 4) is 0 Å². The van der Waals surface area contributed by atoms with Crippen molar-refractivity contribution in [1.29, 1.82) is 0 Å². The van der Waals surface area contributed by atoms with E-state index < -0.39 is 5.97 Å². The summed E-state index contributed by atoms with van der Waals surface area (Å²) in [7, 11) is 0. The van der Waals surface area contributed by atoms with E-state index in [1.807, 2.05) is 24.3 Å². The molecule has 0 aliphatic carbocycles. The number of nitrogens with zero attached hydrogens (tertiary/aromatic N) is 1. The van der Waals surface area contributed by atoms with Crippen molar-refractivity contribution in [2.24, 2.45) is 0 Å². The normalized spacial score (nSPS) is 10.1. The van der Waals surface area contributed by atoms with Crippen LogP contribution in [0.15, 0.2) is 42.6 Å². The van der Waals surface area contributed by atoms with Crippen molar-refractivity contribution in [3.63, 3.8) is 0 Å². The number of benzene rings is 1. The third-order valence-electron chi connectivity index (χ3n) is 2.64. The van der Waals surface area contributed by atoms with E-state index >= 15 is 0 Å². The minimum absolute atomic E-state index is 0.166. The van der Waals surface area contributed by atoms with E-state index in [1.54, 1.807) is 12.3 Å². The summed E-state index contributed by atoms with van der Waals surface area (Å²) in [5.74, 6) is -0.629. The highest BCUT2D eigenvalue weighted by atomic mass is 16.4. The number of aryl methyl sites for hydroxylation is 1. The van der Waals surface area contributed by atoms with E-state index in [9.17, 15) is 4.79 Å². The van der Waals surface area contributed by atoms with Crippen LogP contribution in [0, 0.1) is 0 Å². The van der Waals surface area contributed by atoms with Crippen LogP contribution in [0.25, 0.3) is 0 Å². The molecule has 0 saturated heterocycles. The minimum Gasteiger partial charge on any atom is -0.478 e. The second-order valence-corrected chi connectivity index (χ2v) is 3.88. The van der Waals surface area contributed by atoms with Crippen LogP contribution in [0.5, 0.6) is 0 Å². The van der Waals surface area contributed by atoms with E-state index in [0.717, 1.165) is 12.1 Å². The lowest BCUT2D eigenvalue weighted by atomic mass is 10.1. The van der Waals surface area contributed by atoms with Gasteiger partial charge in [-0.2, -0.15) is 0 Å². The Labute approximate surface area is 105 Å². The van der Waals surface area contributed by atoms with Crippen LogP contribution in [0.4, 0.5) is 11.5 Å². The molecule has 0 aliphatic rings. The smallest absolute Gasteiger partial charge is 0.339 e. The highest BCUT2D eigenvalue weighted by Gasteiger charge is 2.10. The number of carbonyl (C=O) groups is 1. The topological polar surface area (TPSA) is 62.2 Å². The standard InChI is InChI=1S/C14H14N2O2/c1-2-10-5-3-6-11(9-10)16-13-12(14(17)18)7-4-8-15-13/h3-9H,2H2,1H3,(H,15,16)(H,17,18). The second-order valence-electron chi connectivity index (χ2n) is 3.88. The van der Waals surface area contributed by atoms with E-state index in [0.29, 0.717) is 5.82 Å². The fraction of sp³-hybridized carbons (Fsp3) is 0.143. The number of rotatable bonds is 4. The Hall–Kier alpha value is -2.36. The highest BCUT2D eigenvalue weighted by molar-refractivity contribution is 5.93. The van der Waals surface area contributed by atoms with Crippen LogP contribution in [0.1, 0.15) is 22.8 Å². The van der Waals surface area contributed by atoms with Crippen LogP contribution >= 0.6 is 0 Å². The van der Waals surface area contributed by atoms with Crippen LogP contribution in [-0.4, -0.2) is 16.1 Å². The first-order valence-electron chi connectivity index (χ1n) is 5.75. The number of carboxylic acid groups (broad SMARTS) is 1. The molecule has 1 heterocycles. The van der Waals surface area contributed by atoms with Gasteiger partial charge in [0.1, 0.15) is 11.4 Å². The van der Waals surface area contributed by atoms with Gasteiger partial charge in [-0.25, -0.2) is 9.78 Å². The number of hydrogen-bond donors (Lipinski definition) is 2. The van der Waals surface area contributed by atoms with Crippen molar-refractivity contribution < 1.29 is 9.90 Å². The molecule has 2 rings (SSSR count). The molecule has 0 spiro atoms. The minimum atomic E-state index is -0.989. The molecule has 4 heteroatoms. The van der Waals surface area contributed by atoms with Gasteiger partial charge in [0, 0.05) is 11.9 Å². The lowest BCUT2D eigenvalue weighted by Crippen LogP contribution is -2.04. The monoisotopic (exact) mass is 242 g/mol. The summed E-state index contributed by atoms with van der Waals surface area (Å²) in [6, 6.07) is 11.0. The van der Waals surface area contributed by atoms with E-state index in [1.165, 1.54) is 11.6 Å². The summed E-state index contributed by atoms with van der Waals surface area (Å²) in [6.07, 6.45) is 2.50. The van der Waals surface area contributed by atoms with Gasteiger partial charge in [-0.15, -0.1) is 0 Å². The molecule has 1 aromatic heterocycles. The second kappa shape index (κ2) is 5.31. The molecule has 0 radical (unpaired) electrons. The van der Waals surface area contributed by atoms with Gasteiger partial charge in [0.05, 0.1) is 0 Å². The number of carboxylic acids is 1. The Morgan fingerprint density at radius 2 is 2.17 bits per heavy atom. The third kappa shape index (κ3) is 2.66. The molecule has 0 saturated carbocycles. The van der Waals surface area contributed by atoms with E-state index in [-0.39, 0.29) is 5.56 Å². The number of anilines is 2. The summed E-state index contributed by atoms with van der Waals surface area (Å²) in [6.45, 7) is 2.07. The van der Waals surface area contributed by atoms with E-state index in [4.69, 9.17) is 5.11 Å².